The predicted molar refractivity (Wildman–Crippen MR) is 74.9 cm³/mol. The van der Waals surface area contributed by atoms with Gasteiger partial charge in [0.1, 0.15) is 11.6 Å². The number of nitrogens with zero attached hydrogens (tertiary/aromatic N) is 3. The summed E-state index contributed by atoms with van der Waals surface area (Å²) in [6.45, 7) is 3.77. The lowest BCUT2D eigenvalue weighted by atomic mass is 10.2. The average Bonchev–Trinajstić information content (AvgIpc) is 2.76. The Morgan fingerprint density at radius 2 is 2.10 bits per heavy atom. The number of urea groups is 1. The molecule has 1 aromatic heterocycles. The molecule has 7 nitrogen and oxygen atoms in total. The molecule has 0 aliphatic rings. The number of nitrogens with one attached hydrogen (secondary N) is 2. The van der Waals surface area contributed by atoms with Crippen molar-refractivity contribution in [2.45, 2.75) is 13.8 Å². The highest BCUT2D eigenvalue weighted by Crippen LogP contribution is 2.20. The number of aryl methyl sites for hydroxylation is 2. The van der Waals surface area contributed by atoms with Gasteiger partial charge in [-0.15, -0.1) is 0 Å². The van der Waals surface area contributed by atoms with E-state index < -0.39 is 0 Å². The molecule has 1 aromatic carbocycles. The van der Waals surface area contributed by atoms with Gasteiger partial charge in [0.05, 0.1) is 18.0 Å². The number of benzene rings is 1. The standard InChI is InChI=1S/C13H17N5O2/c1-9-15-10(2)18(17-9)12-6-4-3-5-11(12)16-13(20)14-7-8-19/h3-6,19H,7-8H2,1-2H3,(H2,14,16,20). The molecule has 2 amide bonds. The first-order valence-electron chi connectivity index (χ1n) is 6.27. The third-order valence-electron chi connectivity index (χ3n) is 2.65. The number of rotatable bonds is 4. The van der Waals surface area contributed by atoms with Crippen molar-refractivity contribution in [3.05, 3.63) is 35.9 Å². The van der Waals surface area contributed by atoms with Gasteiger partial charge in [0, 0.05) is 6.54 Å². The number of aliphatic hydroxyl groups is 1. The Balaban J connectivity index is 2.27. The van der Waals surface area contributed by atoms with Crippen LogP contribution in [-0.2, 0) is 0 Å². The van der Waals surface area contributed by atoms with Gasteiger partial charge in [-0.3, -0.25) is 0 Å². The molecule has 0 atom stereocenters. The van der Waals surface area contributed by atoms with E-state index in [1.807, 2.05) is 32.0 Å². The van der Waals surface area contributed by atoms with Crippen LogP contribution in [0.2, 0.25) is 0 Å². The van der Waals surface area contributed by atoms with E-state index in [9.17, 15) is 4.79 Å². The quantitative estimate of drug-likeness (QED) is 0.776. The highest BCUT2D eigenvalue weighted by Gasteiger charge is 2.11. The molecule has 2 rings (SSSR count). The molecular weight excluding hydrogens is 258 g/mol. The maximum atomic E-state index is 11.7. The number of carbonyl (C=O) groups excluding carboxylic acids is 1. The van der Waals surface area contributed by atoms with Crippen LogP contribution in [0.25, 0.3) is 5.69 Å². The second-order valence-electron chi connectivity index (χ2n) is 4.24. The Bertz CT molecular complexity index is 609. The molecule has 2 aromatic rings. The topological polar surface area (TPSA) is 92.1 Å². The van der Waals surface area contributed by atoms with Gasteiger partial charge < -0.3 is 15.7 Å². The predicted octanol–water partition coefficient (Wildman–Crippen LogP) is 0.998. The van der Waals surface area contributed by atoms with Gasteiger partial charge in [0.15, 0.2) is 0 Å². The van der Waals surface area contributed by atoms with Crippen molar-refractivity contribution in [1.82, 2.24) is 20.1 Å². The monoisotopic (exact) mass is 275 g/mol. The Kier molecular flexibility index (Phi) is 4.31. The van der Waals surface area contributed by atoms with Crippen molar-refractivity contribution in [3.8, 4) is 5.69 Å². The summed E-state index contributed by atoms with van der Waals surface area (Å²) in [5.74, 6) is 1.41. The summed E-state index contributed by atoms with van der Waals surface area (Å²) in [4.78, 5) is 15.9. The zero-order valence-electron chi connectivity index (χ0n) is 11.4. The van der Waals surface area contributed by atoms with Crippen LogP contribution in [0.1, 0.15) is 11.6 Å². The molecule has 106 valence electrons. The van der Waals surface area contributed by atoms with Crippen molar-refractivity contribution in [1.29, 1.82) is 0 Å². The van der Waals surface area contributed by atoms with Gasteiger partial charge in [-0.1, -0.05) is 12.1 Å². The highest BCUT2D eigenvalue weighted by molar-refractivity contribution is 5.91. The van der Waals surface area contributed by atoms with E-state index in [-0.39, 0.29) is 19.2 Å². The largest absolute Gasteiger partial charge is 0.395 e. The normalized spacial score (nSPS) is 10.3. The third kappa shape index (κ3) is 3.12. The first-order chi connectivity index (χ1) is 9.61. The molecule has 1 heterocycles. The lowest BCUT2D eigenvalue weighted by Gasteiger charge is -2.12. The Morgan fingerprint density at radius 1 is 1.35 bits per heavy atom. The molecule has 0 saturated heterocycles. The maximum Gasteiger partial charge on any atom is 0.319 e. The van der Waals surface area contributed by atoms with E-state index in [1.54, 1.807) is 10.7 Å². The summed E-state index contributed by atoms with van der Waals surface area (Å²) in [6, 6.07) is 6.95. The second kappa shape index (κ2) is 6.16. The fraction of sp³-hybridized carbons (Fsp3) is 0.308. The minimum Gasteiger partial charge on any atom is -0.395 e. The van der Waals surface area contributed by atoms with Gasteiger partial charge in [0.25, 0.3) is 0 Å². The zero-order chi connectivity index (χ0) is 14.5. The van der Waals surface area contributed by atoms with Crippen molar-refractivity contribution < 1.29 is 9.90 Å². The van der Waals surface area contributed by atoms with Crippen LogP contribution in [0.5, 0.6) is 0 Å². The average molecular weight is 275 g/mol. The smallest absolute Gasteiger partial charge is 0.319 e. The van der Waals surface area contributed by atoms with Crippen LogP contribution in [0.4, 0.5) is 10.5 Å². The van der Waals surface area contributed by atoms with E-state index >= 15 is 0 Å². The number of hydrogen-bond donors (Lipinski definition) is 3. The van der Waals surface area contributed by atoms with Gasteiger partial charge in [-0.05, 0) is 26.0 Å². The molecule has 7 heteroatoms. The first kappa shape index (κ1) is 14.0. The summed E-state index contributed by atoms with van der Waals surface area (Å²) in [7, 11) is 0. The van der Waals surface area contributed by atoms with E-state index in [0.717, 1.165) is 11.5 Å². The van der Waals surface area contributed by atoms with Crippen LogP contribution in [-0.4, -0.2) is 39.1 Å². The van der Waals surface area contributed by atoms with Gasteiger partial charge >= 0.3 is 6.03 Å². The van der Waals surface area contributed by atoms with E-state index in [4.69, 9.17) is 5.11 Å². The molecule has 0 fully saturated rings. The van der Waals surface area contributed by atoms with E-state index in [2.05, 4.69) is 20.7 Å². The zero-order valence-corrected chi connectivity index (χ0v) is 11.4. The minimum atomic E-state index is -0.374. The molecule has 0 saturated carbocycles. The molecule has 0 radical (unpaired) electrons. The molecule has 0 bridgehead atoms. The number of carbonyl (C=O) groups is 1. The van der Waals surface area contributed by atoms with Crippen LogP contribution in [0.15, 0.2) is 24.3 Å². The molecular formula is C13H17N5O2. The number of aromatic nitrogens is 3. The van der Waals surface area contributed by atoms with E-state index in [0.29, 0.717) is 11.5 Å². The molecule has 0 aliphatic heterocycles. The fourth-order valence-corrected chi connectivity index (χ4v) is 1.85. The van der Waals surface area contributed by atoms with Crippen LogP contribution >= 0.6 is 0 Å². The summed E-state index contributed by atoms with van der Waals surface area (Å²) >= 11 is 0. The Morgan fingerprint density at radius 3 is 2.75 bits per heavy atom. The van der Waals surface area contributed by atoms with Gasteiger partial charge in [-0.25, -0.2) is 14.5 Å². The number of amides is 2. The van der Waals surface area contributed by atoms with Crippen molar-refractivity contribution in [2.75, 3.05) is 18.5 Å². The Hall–Kier alpha value is -2.41. The fourth-order valence-electron chi connectivity index (χ4n) is 1.85. The number of anilines is 1. The summed E-state index contributed by atoms with van der Waals surface area (Å²) < 4.78 is 1.68. The number of aliphatic hydroxyl groups excluding tert-OH is 1. The summed E-state index contributed by atoms with van der Waals surface area (Å²) in [6.07, 6.45) is 0. The highest BCUT2D eigenvalue weighted by atomic mass is 16.3. The molecule has 0 spiro atoms. The number of para-hydroxylation sites is 2. The minimum absolute atomic E-state index is 0.101. The second-order valence-corrected chi connectivity index (χ2v) is 4.24. The SMILES string of the molecule is Cc1nc(C)n(-c2ccccc2NC(=O)NCCO)n1. The third-order valence-corrected chi connectivity index (χ3v) is 2.65. The molecule has 3 N–H and O–H groups in total. The molecule has 0 unspecified atom stereocenters. The van der Waals surface area contributed by atoms with Crippen molar-refractivity contribution >= 4 is 11.7 Å². The lowest BCUT2D eigenvalue weighted by Crippen LogP contribution is -2.31. The van der Waals surface area contributed by atoms with Crippen LogP contribution in [0, 0.1) is 13.8 Å². The van der Waals surface area contributed by atoms with Crippen molar-refractivity contribution in [2.24, 2.45) is 0 Å². The van der Waals surface area contributed by atoms with Crippen LogP contribution < -0.4 is 10.6 Å². The summed E-state index contributed by atoms with van der Waals surface area (Å²) in [5.41, 5.74) is 1.36. The number of hydrogen-bond acceptors (Lipinski definition) is 4. The summed E-state index contributed by atoms with van der Waals surface area (Å²) in [5, 5.41) is 18.3. The molecule has 20 heavy (non-hydrogen) atoms. The first-order valence-corrected chi connectivity index (χ1v) is 6.27. The maximum absolute atomic E-state index is 11.7. The van der Waals surface area contributed by atoms with Crippen molar-refractivity contribution in [3.63, 3.8) is 0 Å². The Labute approximate surface area is 116 Å². The van der Waals surface area contributed by atoms with Gasteiger partial charge in [-0.2, -0.15) is 5.10 Å². The van der Waals surface area contributed by atoms with Gasteiger partial charge in [0.2, 0.25) is 0 Å². The van der Waals surface area contributed by atoms with E-state index in [1.165, 1.54) is 0 Å². The lowest BCUT2D eigenvalue weighted by molar-refractivity contribution is 0.245. The molecule has 0 aliphatic carbocycles. The van der Waals surface area contributed by atoms with Crippen LogP contribution in [0.3, 0.4) is 0 Å².